The summed E-state index contributed by atoms with van der Waals surface area (Å²) in [6, 6.07) is 0. The molecule has 1 saturated heterocycles. The highest BCUT2D eigenvalue weighted by Crippen LogP contribution is 2.39. The molecule has 4 heteroatoms. The van der Waals surface area contributed by atoms with Gasteiger partial charge in [-0.3, -0.25) is 4.79 Å². The zero-order chi connectivity index (χ0) is 16.9. The molecule has 1 rings (SSSR count). The van der Waals surface area contributed by atoms with Crippen LogP contribution in [-0.4, -0.2) is 22.0 Å². The largest absolute Gasteiger partial charge is 0.481 e. The predicted octanol–water partition coefficient (Wildman–Crippen LogP) is 2.79. The summed E-state index contributed by atoms with van der Waals surface area (Å²) in [5.41, 5.74) is -2.34. The number of aliphatic carboxylic acids is 1. The first-order valence-corrected chi connectivity index (χ1v) is 5.36. The maximum Gasteiger partial charge on any atom is 0.303 e. The molecule has 0 aliphatic carbocycles. The number of hydrogen-bond acceptors (Lipinski definition) is 3. The van der Waals surface area contributed by atoms with Crippen molar-refractivity contribution in [2.75, 3.05) is 5.70 Å². The molecule has 2 nitrogen and oxygen atoms in total. The number of carboxylic acids is 1. The summed E-state index contributed by atoms with van der Waals surface area (Å²) >= 11 is 0. The Morgan fingerprint density at radius 1 is 1.92 bits per heavy atom. The van der Waals surface area contributed by atoms with E-state index in [-0.39, 0.29) is 0 Å². The van der Waals surface area contributed by atoms with Gasteiger partial charge >= 0.3 is 5.97 Å². The van der Waals surface area contributed by atoms with Crippen molar-refractivity contribution >= 4 is 27.6 Å². The van der Waals surface area contributed by atoms with E-state index >= 15 is 0 Å². The molecule has 1 fully saturated rings. The first kappa shape index (κ1) is 3.39. The molecule has 0 aromatic rings. The van der Waals surface area contributed by atoms with Crippen molar-refractivity contribution in [2.45, 2.75) is 37.2 Å². The maximum absolute atomic E-state index is 10.8. The van der Waals surface area contributed by atoms with Crippen LogP contribution in [0.25, 0.3) is 0 Å². The molecular weight excluding hydrogens is 192 g/mol. The summed E-state index contributed by atoms with van der Waals surface area (Å²) in [6.45, 7) is 0. The van der Waals surface area contributed by atoms with Gasteiger partial charge in [0.1, 0.15) is 0 Å². The van der Waals surface area contributed by atoms with Gasteiger partial charge in [-0.2, -0.15) is 0 Å². The van der Waals surface area contributed by atoms with E-state index in [0.717, 1.165) is 0 Å². The van der Waals surface area contributed by atoms with Crippen molar-refractivity contribution in [3.63, 3.8) is 0 Å². The molecule has 12 heavy (non-hydrogen) atoms. The van der Waals surface area contributed by atoms with Gasteiger partial charge in [-0.25, -0.2) is 0 Å². The quantitative estimate of drug-likeness (QED) is 0.716. The first-order chi connectivity index (χ1) is 9.11. The number of rotatable bonds is 5. The van der Waals surface area contributed by atoms with Crippen molar-refractivity contribution in [3.05, 3.63) is 0 Å². The minimum atomic E-state index is -3.18. The molecule has 0 aromatic carbocycles. The first-order valence-electron chi connectivity index (χ1n) is 7.71. The Morgan fingerprint density at radius 3 is 3.33 bits per heavy atom. The Bertz CT molecular complexity index is 441. The number of carboxylic acid groups (broad SMARTS) is 1. The topological polar surface area (TPSA) is 37.3 Å². The third kappa shape index (κ3) is 4.26. The van der Waals surface area contributed by atoms with Gasteiger partial charge in [-0.05, 0) is 19.2 Å². The SMILES string of the molecule is [2H]C([2H])(CCC1([2H])SSC([2H])([2H])C1([2H])[2H])C([2H])([2H])C(=O)O. The predicted molar refractivity (Wildman–Crippen MR) is 54.6 cm³/mol. The molecule has 1 N–H and O–H groups in total. The van der Waals surface area contributed by atoms with E-state index in [1.807, 2.05) is 0 Å². The van der Waals surface area contributed by atoms with E-state index in [1.54, 1.807) is 0 Å². The molecule has 70 valence electrons. The minimum absolute atomic E-state index is 0.517. The minimum Gasteiger partial charge on any atom is -0.481 e. The molecule has 1 heterocycles. The second-order valence-corrected chi connectivity index (χ2v) is 3.95. The third-order valence-electron chi connectivity index (χ3n) is 1.05. The van der Waals surface area contributed by atoms with Crippen molar-refractivity contribution in [1.29, 1.82) is 0 Å². The van der Waals surface area contributed by atoms with Crippen molar-refractivity contribution in [2.24, 2.45) is 0 Å². The van der Waals surface area contributed by atoms with Crippen molar-refractivity contribution < 1.29 is 22.2 Å². The molecule has 1 aliphatic heterocycles. The van der Waals surface area contributed by atoms with Crippen LogP contribution in [-0.2, 0) is 4.79 Å². The van der Waals surface area contributed by atoms with E-state index in [2.05, 4.69) is 0 Å². The van der Waals surface area contributed by atoms with Crippen LogP contribution in [0.3, 0.4) is 0 Å². The van der Waals surface area contributed by atoms with E-state index in [0.29, 0.717) is 21.6 Å². The molecular formula is C8H14O2S2. The van der Waals surface area contributed by atoms with Gasteiger partial charge in [0.05, 0.1) is 0 Å². The molecule has 0 bridgehead atoms. The highest BCUT2D eigenvalue weighted by atomic mass is 33.1. The van der Waals surface area contributed by atoms with Gasteiger partial charge in [-0.1, -0.05) is 28.0 Å². The summed E-state index contributed by atoms with van der Waals surface area (Å²) in [5, 5.41) is 6.69. The van der Waals surface area contributed by atoms with Gasteiger partial charge in [0.25, 0.3) is 0 Å². The average molecular weight is 215 g/mol. The van der Waals surface area contributed by atoms with Gasteiger partial charge in [-0.15, -0.1) is 0 Å². The van der Waals surface area contributed by atoms with Crippen LogP contribution < -0.4 is 0 Å². The summed E-state index contributed by atoms with van der Waals surface area (Å²) in [5.74, 6) is -1.97. The van der Waals surface area contributed by atoms with Gasteiger partial charge in [0.2, 0.25) is 0 Å². The molecule has 0 saturated carbocycles. The van der Waals surface area contributed by atoms with E-state index < -0.39 is 48.9 Å². The smallest absolute Gasteiger partial charge is 0.303 e. The number of carbonyl (C=O) groups is 1. The molecule has 0 spiro atoms. The van der Waals surface area contributed by atoms with Crippen molar-refractivity contribution in [1.82, 2.24) is 0 Å². The zero-order valence-corrected chi connectivity index (χ0v) is 7.72. The average Bonchev–Trinajstić information content (AvgIpc) is 2.47. The molecule has 1 unspecified atom stereocenters. The van der Waals surface area contributed by atoms with Crippen LogP contribution in [0.4, 0.5) is 0 Å². The Balaban J connectivity index is 2.91. The molecule has 0 radical (unpaired) electrons. The fourth-order valence-corrected chi connectivity index (χ4v) is 2.16. The van der Waals surface area contributed by atoms with Gasteiger partial charge < -0.3 is 5.11 Å². The Labute approximate surface area is 93.5 Å². The summed E-state index contributed by atoms with van der Waals surface area (Å²) in [4.78, 5) is 10.8. The van der Waals surface area contributed by atoms with E-state index in [1.165, 1.54) is 0 Å². The van der Waals surface area contributed by atoms with Crippen LogP contribution in [0.2, 0.25) is 0 Å². The molecule has 1 aliphatic rings. The van der Waals surface area contributed by atoms with Crippen molar-refractivity contribution in [3.8, 4) is 0 Å². The van der Waals surface area contributed by atoms with Crippen LogP contribution in [0.1, 0.15) is 44.3 Å². The second-order valence-electron chi connectivity index (χ2n) is 1.92. The summed E-state index contributed by atoms with van der Waals surface area (Å²) in [6.07, 6.45) is -9.79. The Kier molecular flexibility index (Phi) is 1.62. The summed E-state index contributed by atoms with van der Waals surface area (Å²) < 4.78 is 68.1. The van der Waals surface area contributed by atoms with E-state index in [4.69, 9.17) is 17.4 Å². The third-order valence-corrected chi connectivity index (χ3v) is 2.93. The fourth-order valence-electron chi connectivity index (χ4n) is 0.588. The lowest BCUT2D eigenvalue weighted by molar-refractivity contribution is -0.137. The maximum atomic E-state index is 10.8. The standard InChI is InChI=1S/C8H14O2S2/c9-8(10)4-2-1-3-7-5-6-11-12-7/h7H,1-6H2,(H,9,10)/i2D2,4D2,5D2,6D2,7D. The zero-order valence-electron chi connectivity index (χ0n) is 15.1. The van der Waals surface area contributed by atoms with Gasteiger partial charge in [0.15, 0.2) is 0 Å². The van der Waals surface area contributed by atoms with Crippen LogP contribution in [0.15, 0.2) is 0 Å². The lowest BCUT2D eigenvalue weighted by Gasteiger charge is -2.04. The van der Waals surface area contributed by atoms with Crippen LogP contribution in [0, 0.1) is 0 Å². The van der Waals surface area contributed by atoms with Gasteiger partial charge in [0, 0.05) is 29.6 Å². The molecule has 0 amide bonds. The van der Waals surface area contributed by atoms with Crippen LogP contribution >= 0.6 is 21.6 Å². The Morgan fingerprint density at radius 2 is 2.75 bits per heavy atom. The number of hydrogen-bond donors (Lipinski definition) is 1. The normalized spacial score (nSPS) is 50.8. The highest BCUT2D eigenvalue weighted by Gasteiger charge is 2.15. The lowest BCUT2D eigenvalue weighted by Crippen LogP contribution is -1.99. The second kappa shape index (κ2) is 5.75. The molecule has 1 atom stereocenters. The van der Waals surface area contributed by atoms with Crippen LogP contribution in [0.5, 0.6) is 0 Å². The molecule has 0 aromatic heterocycles. The Hall–Kier alpha value is 0.170. The summed E-state index contributed by atoms with van der Waals surface area (Å²) in [7, 11) is 1.15. The van der Waals surface area contributed by atoms with E-state index in [9.17, 15) is 4.79 Å². The monoisotopic (exact) mass is 215 g/mol. The lowest BCUT2D eigenvalue weighted by atomic mass is 10.1. The fraction of sp³-hybridized carbons (Fsp3) is 0.875. The highest BCUT2D eigenvalue weighted by molar-refractivity contribution is 8.77.